The number of benzene rings is 1. The molecule has 0 bridgehead atoms. The van der Waals surface area contributed by atoms with Crippen LogP contribution in [0, 0.1) is 11.3 Å². The number of aromatic nitrogens is 3. The molecule has 0 spiro atoms. The number of nitriles is 1. The number of thioether (sulfide) groups is 1. The van der Waals surface area contributed by atoms with Crippen LogP contribution in [-0.4, -0.2) is 26.4 Å². The van der Waals surface area contributed by atoms with E-state index in [1.165, 1.54) is 23.1 Å². The van der Waals surface area contributed by atoms with E-state index in [0.29, 0.717) is 26.6 Å². The van der Waals surface area contributed by atoms with E-state index >= 15 is 0 Å². The van der Waals surface area contributed by atoms with Gasteiger partial charge in [0.1, 0.15) is 11.1 Å². The highest BCUT2D eigenvalue weighted by Gasteiger charge is 2.21. The van der Waals surface area contributed by atoms with Crippen LogP contribution in [-0.2, 0) is 24.7 Å². The molecule has 0 radical (unpaired) electrons. The number of carbonyl (C=O) groups is 1. The summed E-state index contributed by atoms with van der Waals surface area (Å²) in [7, 11) is 1.86. The van der Waals surface area contributed by atoms with Crippen molar-refractivity contribution in [1.82, 2.24) is 14.8 Å². The number of amides is 1. The van der Waals surface area contributed by atoms with Crippen LogP contribution in [0.4, 0.5) is 5.00 Å². The van der Waals surface area contributed by atoms with E-state index in [2.05, 4.69) is 21.6 Å². The first-order chi connectivity index (χ1) is 14.6. The number of aryl methyl sites for hydroxylation is 1. The summed E-state index contributed by atoms with van der Waals surface area (Å²) in [6, 6.07) is 9.72. The molecule has 2 aromatic heterocycles. The van der Waals surface area contributed by atoms with Crippen LogP contribution in [0.2, 0.25) is 5.02 Å². The Morgan fingerprint density at radius 2 is 2.17 bits per heavy atom. The van der Waals surface area contributed by atoms with Crippen molar-refractivity contribution in [3.05, 3.63) is 45.3 Å². The first-order valence-corrected chi connectivity index (χ1v) is 11.9. The molecule has 1 amide bonds. The Morgan fingerprint density at radius 3 is 2.97 bits per heavy atom. The smallest absolute Gasteiger partial charge is 0.235 e. The fraction of sp³-hybridized carbons (Fsp3) is 0.333. The van der Waals surface area contributed by atoms with Crippen LogP contribution in [0.25, 0.3) is 11.4 Å². The number of fused-ring (bicyclic) bond motifs is 1. The molecule has 4 rings (SSSR count). The minimum atomic E-state index is -0.153. The Labute approximate surface area is 188 Å². The zero-order valence-electron chi connectivity index (χ0n) is 16.4. The summed E-state index contributed by atoms with van der Waals surface area (Å²) < 4.78 is 1.84. The molecule has 1 aliphatic rings. The van der Waals surface area contributed by atoms with Crippen molar-refractivity contribution in [2.75, 3.05) is 11.1 Å². The van der Waals surface area contributed by atoms with Crippen molar-refractivity contribution in [1.29, 1.82) is 5.26 Å². The lowest BCUT2D eigenvalue weighted by Crippen LogP contribution is -2.14. The fourth-order valence-corrected chi connectivity index (χ4v) is 5.72. The fourth-order valence-electron chi connectivity index (χ4n) is 3.56. The number of hydrogen-bond acceptors (Lipinski definition) is 6. The van der Waals surface area contributed by atoms with Crippen molar-refractivity contribution >= 4 is 45.6 Å². The van der Waals surface area contributed by atoms with Crippen LogP contribution >= 0.6 is 34.7 Å². The van der Waals surface area contributed by atoms with Gasteiger partial charge in [-0.05, 0) is 43.4 Å². The molecule has 2 heterocycles. The number of halogens is 1. The number of nitrogens with zero attached hydrogens (tertiary/aromatic N) is 4. The predicted molar refractivity (Wildman–Crippen MR) is 121 cm³/mol. The summed E-state index contributed by atoms with van der Waals surface area (Å²) in [6.45, 7) is 0. The molecule has 0 saturated heterocycles. The number of anilines is 1. The van der Waals surface area contributed by atoms with Gasteiger partial charge in [-0.1, -0.05) is 41.9 Å². The summed E-state index contributed by atoms with van der Waals surface area (Å²) in [5, 5.41) is 22.9. The van der Waals surface area contributed by atoms with E-state index in [1.807, 2.05) is 29.8 Å². The van der Waals surface area contributed by atoms with Crippen LogP contribution < -0.4 is 5.32 Å². The third-order valence-corrected chi connectivity index (χ3v) is 7.50. The third-order valence-electron chi connectivity index (χ3n) is 5.04. The standard InChI is InChI=1S/C21H20ClN5OS2/c1-27-19(13-6-5-7-14(22)10-13)25-26-21(27)29-12-18(28)24-20-16(11-23)15-8-3-2-4-9-17(15)30-20/h5-7,10H,2-4,8-9,12H2,1H3,(H,24,28). The lowest BCUT2D eigenvalue weighted by molar-refractivity contribution is -0.113. The maximum absolute atomic E-state index is 12.6. The lowest BCUT2D eigenvalue weighted by atomic mass is 10.1. The minimum absolute atomic E-state index is 0.153. The Balaban J connectivity index is 1.43. The van der Waals surface area contributed by atoms with Crippen LogP contribution in [0.15, 0.2) is 29.4 Å². The molecular formula is C21H20ClN5OS2. The summed E-state index contributed by atoms with van der Waals surface area (Å²) in [5.41, 5.74) is 2.63. The summed E-state index contributed by atoms with van der Waals surface area (Å²) >= 11 is 8.93. The maximum Gasteiger partial charge on any atom is 0.235 e. The van der Waals surface area contributed by atoms with Gasteiger partial charge in [0, 0.05) is 22.5 Å². The SMILES string of the molecule is Cn1c(SCC(=O)Nc2sc3c(c2C#N)CCCCC3)nnc1-c1cccc(Cl)c1. The Kier molecular flexibility index (Phi) is 6.42. The second kappa shape index (κ2) is 9.21. The van der Waals surface area contributed by atoms with Crippen molar-refractivity contribution < 1.29 is 4.79 Å². The molecule has 1 N–H and O–H groups in total. The van der Waals surface area contributed by atoms with Crippen LogP contribution in [0.5, 0.6) is 0 Å². The summed E-state index contributed by atoms with van der Waals surface area (Å²) in [4.78, 5) is 13.8. The molecule has 1 aliphatic carbocycles. The molecule has 0 aliphatic heterocycles. The van der Waals surface area contributed by atoms with Crippen molar-refractivity contribution in [3.63, 3.8) is 0 Å². The summed E-state index contributed by atoms with van der Waals surface area (Å²) in [5.74, 6) is 0.726. The van der Waals surface area contributed by atoms with Crippen molar-refractivity contribution in [3.8, 4) is 17.5 Å². The third kappa shape index (κ3) is 4.38. The largest absolute Gasteiger partial charge is 0.316 e. The molecular weight excluding hydrogens is 438 g/mol. The number of carbonyl (C=O) groups excluding carboxylic acids is 1. The van der Waals surface area contributed by atoms with Crippen molar-refractivity contribution in [2.45, 2.75) is 37.3 Å². The molecule has 9 heteroatoms. The van der Waals surface area contributed by atoms with Crippen LogP contribution in [0.1, 0.15) is 35.3 Å². The van der Waals surface area contributed by atoms with Gasteiger partial charge in [-0.2, -0.15) is 5.26 Å². The number of hydrogen-bond donors (Lipinski definition) is 1. The molecule has 0 atom stereocenters. The number of nitrogens with one attached hydrogen (secondary N) is 1. The topological polar surface area (TPSA) is 83.6 Å². The van der Waals surface area contributed by atoms with Gasteiger partial charge in [0.25, 0.3) is 0 Å². The maximum atomic E-state index is 12.6. The molecule has 6 nitrogen and oxygen atoms in total. The monoisotopic (exact) mass is 457 g/mol. The molecule has 1 aromatic carbocycles. The minimum Gasteiger partial charge on any atom is -0.316 e. The lowest BCUT2D eigenvalue weighted by Gasteiger charge is -2.05. The van der Waals surface area contributed by atoms with E-state index in [4.69, 9.17) is 11.6 Å². The Hall–Kier alpha value is -2.34. The van der Waals surface area contributed by atoms with Gasteiger partial charge in [0.15, 0.2) is 11.0 Å². The summed E-state index contributed by atoms with van der Waals surface area (Å²) in [6.07, 6.45) is 5.35. The van der Waals surface area contributed by atoms with Gasteiger partial charge in [-0.15, -0.1) is 21.5 Å². The highest BCUT2D eigenvalue weighted by atomic mass is 35.5. The highest BCUT2D eigenvalue weighted by molar-refractivity contribution is 7.99. The molecule has 0 fully saturated rings. The average molecular weight is 458 g/mol. The molecule has 0 unspecified atom stereocenters. The van der Waals surface area contributed by atoms with Crippen molar-refractivity contribution in [2.24, 2.45) is 7.05 Å². The quantitative estimate of drug-likeness (QED) is 0.427. The van der Waals surface area contributed by atoms with Gasteiger partial charge >= 0.3 is 0 Å². The second-order valence-corrected chi connectivity index (χ2v) is 9.58. The van der Waals surface area contributed by atoms with Gasteiger partial charge in [0.2, 0.25) is 5.91 Å². The first-order valence-electron chi connectivity index (χ1n) is 9.69. The van der Waals surface area contributed by atoms with Gasteiger partial charge < -0.3 is 9.88 Å². The Bertz CT molecular complexity index is 1130. The highest BCUT2D eigenvalue weighted by Crippen LogP contribution is 2.37. The van der Waals surface area contributed by atoms with E-state index in [0.717, 1.165) is 36.8 Å². The first kappa shape index (κ1) is 20.9. The van der Waals surface area contributed by atoms with Gasteiger partial charge in [-0.25, -0.2) is 0 Å². The second-order valence-electron chi connectivity index (χ2n) is 7.09. The number of thiophene rings is 1. The van der Waals surface area contributed by atoms with E-state index < -0.39 is 0 Å². The zero-order chi connectivity index (χ0) is 21.1. The molecule has 0 saturated carbocycles. The normalized spacial score (nSPS) is 13.4. The van der Waals surface area contributed by atoms with E-state index in [9.17, 15) is 10.1 Å². The van der Waals surface area contributed by atoms with Gasteiger partial charge in [0.05, 0.1) is 11.3 Å². The molecule has 30 heavy (non-hydrogen) atoms. The molecule has 154 valence electrons. The molecule has 3 aromatic rings. The number of rotatable bonds is 5. The Morgan fingerprint density at radius 1 is 1.33 bits per heavy atom. The average Bonchev–Trinajstić information content (AvgIpc) is 3.16. The van der Waals surface area contributed by atoms with Crippen LogP contribution in [0.3, 0.4) is 0 Å². The van der Waals surface area contributed by atoms with Gasteiger partial charge in [-0.3, -0.25) is 4.79 Å². The predicted octanol–water partition coefficient (Wildman–Crippen LogP) is 5.07. The van der Waals surface area contributed by atoms with E-state index in [-0.39, 0.29) is 11.7 Å². The zero-order valence-corrected chi connectivity index (χ0v) is 18.8. The van der Waals surface area contributed by atoms with E-state index in [1.54, 1.807) is 17.4 Å².